The Kier molecular flexibility index (Phi) is 5.77. The molecule has 0 aliphatic carbocycles. The van der Waals surface area contributed by atoms with Crippen LogP contribution in [-0.4, -0.2) is 40.7 Å². The van der Waals surface area contributed by atoms with Crippen molar-refractivity contribution in [1.82, 2.24) is 4.90 Å². The van der Waals surface area contributed by atoms with Gasteiger partial charge in [-0.15, -0.1) is 0 Å². The Morgan fingerprint density at radius 3 is 2.36 bits per heavy atom. The van der Waals surface area contributed by atoms with Crippen LogP contribution in [0.4, 0.5) is 0 Å². The van der Waals surface area contributed by atoms with Crippen molar-refractivity contribution in [3.63, 3.8) is 0 Å². The van der Waals surface area contributed by atoms with Gasteiger partial charge in [0, 0.05) is 17.5 Å². The van der Waals surface area contributed by atoms with Crippen LogP contribution >= 0.6 is 11.6 Å². The van der Waals surface area contributed by atoms with Gasteiger partial charge >= 0.3 is 0 Å². The molecule has 0 amide bonds. The number of nitrogens with zero attached hydrogens (tertiary/aromatic N) is 1. The highest BCUT2D eigenvalue weighted by Gasteiger charge is 2.36. The van der Waals surface area contributed by atoms with Crippen molar-refractivity contribution in [3.05, 3.63) is 70.7 Å². The van der Waals surface area contributed by atoms with Gasteiger partial charge in [0.1, 0.15) is 6.10 Å². The molecule has 1 saturated heterocycles. The van der Waals surface area contributed by atoms with E-state index in [1.165, 1.54) is 0 Å². The molecule has 0 aromatic heterocycles. The maximum absolute atomic E-state index is 10.5. The Morgan fingerprint density at radius 1 is 1.12 bits per heavy atom. The normalized spacial score (nSPS) is 19.9. The van der Waals surface area contributed by atoms with E-state index < -0.39 is 12.1 Å². The molecular formula is C20H24ClNO3. The molecule has 2 atom stereocenters. The third-order valence-corrected chi connectivity index (χ3v) is 5.01. The molecule has 2 unspecified atom stereocenters. The topological polar surface area (TPSA) is 52.9 Å². The van der Waals surface area contributed by atoms with Crippen LogP contribution in [0.1, 0.15) is 36.5 Å². The minimum absolute atomic E-state index is 0.108. The molecule has 0 saturated carbocycles. The summed E-state index contributed by atoms with van der Waals surface area (Å²) in [6, 6.07) is 16.9. The quantitative estimate of drug-likeness (QED) is 0.772. The summed E-state index contributed by atoms with van der Waals surface area (Å²) in [6.07, 6.45) is 1.58. The lowest BCUT2D eigenvalue weighted by Gasteiger charge is -2.32. The lowest BCUT2D eigenvalue weighted by Crippen LogP contribution is -2.41. The number of aliphatic hydroxyl groups is 2. The van der Waals surface area contributed by atoms with E-state index in [9.17, 15) is 10.2 Å². The van der Waals surface area contributed by atoms with Crippen LogP contribution in [-0.2, 0) is 4.74 Å². The predicted octanol–water partition coefficient (Wildman–Crippen LogP) is 3.57. The van der Waals surface area contributed by atoms with Gasteiger partial charge in [-0.2, -0.15) is 0 Å². The summed E-state index contributed by atoms with van der Waals surface area (Å²) >= 11 is 5.98. The van der Waals surface area contributed by atoms with Crippen LogP contribution in [0.15, 0.2) is 54.6 Å². The first-order chi connectivity index (χ1) is 11.9. The SMILES string of the molecule is CN1CCCC1CC(O)(O)OC(c1ccccc1)c1ccc(Cl)cc1. The summed E-state index contributed by atoms with van der Waals surface area (Å²) in [5.41, 5.74) is 1.68. The van der Waals surface area contributed by atoms with Gasteiger partial charge in [-0.05, 0) is 49.7 Å². The summed E-state index contributed by atoms with van der Waals surface area (Å²) in [7, 11) is 2.00. The molecule has 25 heavy (non-hydrogen) atoms. The molecule has 1 heterocycles. The Morgan fingerprint density at radius 2 is 1.76 bits per heavy atom. The lowest BCUT2D eigenvalue weighted by molar-refractivity contribution is -0.357. The van der Waals surface area contributed by atoms with E-state index >= 15 is 0 Å². The molecule has 3 rings (SSSR count). The number of ether oxygens (including phenoxy) is 1. The average Bonchev–Trinajstić information content (AvgIpc) is 2.99. The van der Waals surface area contributed by atoms with E-state index in [2.05, 4.69) is 4.90 Å². The summed E-state index contributed by atoms with van der Waals surface area (Å²) in [5.74, 6) is -2.20. The van der Waals surface area contributed by atoms with Crippen molar-refractivity contribution in [2.45, 2.75) is 37.4 Å². The fourth-order valence-corrected chi connectivity index (χ4v) is 3.50. The fraction of sp³-hybridized carbons (Fsp3) is 0.400. The Balaban J connectivity index is 1.83. The van der Waals surface area contributed by atoms with Crippen molar-refractivity contribution < 1.29 is 14.9 Å². The number of likely N-dealkylation sites (tertiary alicyclic amines) is 1. The molecule has 2 N–H and O–H groups in total. The summed E-state index contributed by atoms with van der Waals surface area (Å²) in [5, 5.41) is 21.7. The van der Waals surface area contributed by atoms with E-state index in [0.717, 1.165) is 30.5 Å². The first-order valence-corrected chi connectivity index (χ1v) is 8.96. The largest absolute Gasteiger partial charge is 0.343 e. The molecule has 1 fully saturated rings. The van der Waals surface area contributed by atoms with Crippen LogP contribution in [0.25, 0.3) is 0 Å². The molecule has 0 spiro atoms. The number of benzene rings is 2. The highest BCUT2D eigenvalue weighted by atomic mass is 35.5. The lowest BCUT2D eigenvalue weighted by atomic mass is 10.0. The minimum atomic E-state index is -2.20. The van der Waals surface area contributed by atoms with Crippen molar-refractivity contribution in [3.8, 4) is 0 Å². The van der Waals surface area contributed by atoms with Crippen molar-refractivity contribution in [2.75, 3.05) is 13.6 Å². The zero-order valence-corrected chi connectivity index (χ0v) is 15.1. The molecule has 5 heteroatoms. The van der Waals surface area contributed by atoms with Gasteiger partial charge in [0.15, 0.2) is 0 Å². The Labute approximate surface area is 153 Å². The fourth-order valence-electron chi connectivity index (χ4n) is 3.37. The zero-order chi connectivity index (χ0) is 17.9. The second kappa shape index (κ2) is 7.85. The first-order valence-electron chi connectivity index (χ1n) is 8.58. The molecule has 1 aliphatic rings. The van der Waals surface area contributed by atoms with Crippen molar-refractivity contribution in [2.24, 2.45) is 0 Å². The van der Waals surface area contributed by atoms with E-state index in [0.29, 0.717) is 5.02 Å². The summed E-state index contributed by atoms with van der Waals surface area (Å²) < 4.78 is 5.80. The van der Waals surface area contributed by atoms with Gasteiger partial charge in [-0.3, -0.25) is 0 Å². The highest BCUT2D eigenvalue weighted by Crippen LogP contribution is 2.33. The van der Waals surface area contributed by atoms with Crippen molar-refractivity contribution >= 4 is 11.6 Å². The van der Waals surface area contributed by atoms with Gasteiger partial charge in [0.05, 0.1) is 0 Å². The van der Waals surface area contributed by atoms with Gasteiger partial charge in [-0.25, -0.2) is 0 Å². The van der Waals surface area contributed by atoms with Crippen LogP contribution in [0.2, 0.25) is 5.02 Å². The molecule has 2 aromatic rings. The molecule has 1 aliphatic heterocycles. The second-order valence-corrected chi connectivity index (χ2v) is 7.12. The van der Waals surface area contributed by atoms with Crippen molar-refractivity contribution in [1.29, 1.82) is 0 Å². The predicted molar refractivity (Wildman–Crippen MR) is 98.3 cm³/mol. The summed E-state index contributed by atoms with van der Waals surface area (Å²) in [6.45, 7) is 0.972. The van der Waals surface area contributed by atoms with Gasteiger partial charge in [0.25, 0.3) is 5.97 Å². The number of halogens is 1. The third kappa shape index (κ3) is 4.81. The first kappa shape index (κ1) is 18.4. The molecule has 0 radical (unpaired) electrons. The molecule has 2 aromatic carbocycles. The van der Waals surface area contributed by atoms with Gasteiger partial charge < -0.3 is 19.8 Å². The molecule has 134 valence electrons. The van der Waals surface area contributed by atoms with Crippen LogP contribution < -0.4 is 0 Å². The number of rotatable bonds is 6. The van der Waals surface area contributed by atoms with Gasteiger partial charge in [-0.1, -0.05) is 54.1 Å². The summed E-state index contributed by atoms with van der Waals surface area (Å²) in [4.78, 5) is 2.14. The Bertz CT molecular complexity index is 675. The third-order valence-electron chi connectivity index (χ3n) is 4.75. The van der Waals surface area contributed by atoms with E-state index in [1.54, 1.807) is 12.1 Å². The highest BCUT2D eigenvalue weighted by molar-refractivity contribution is 6.30. The van der Waals surface area contributed by atoms with E-state index in [4.69, 9.17) is 16.3 Å². The second-order valence-electron chi connectivity index (χ2n) is 6.68. The van der Waals surface area contributed by atoms with Crippen LogP contribution in [0, 0.1) is 0 Å². The average molecular weight is 362 g/mol. The smallest absolute Gasteiger partial charge is 0.280 e. The van der Waals surface area contributed by atoms with E-state index in [1.807, 2.05) is 49.5 Å². The van der Waals surface area contributed by atoms with Crippen LogP contribution in [0.3, 0.4) is 0 Å². The standard InChI is InChI=1S/C20H24ClNO3/c1-22-13-5-8-18(22)14-20(23,24)25-19(15-6-3-2-4-7-15)16-9-11-17(21)12-10-16/h2-4,6-7,9-12,18-19,23-24H,5,8,13-14H2,1H3. The van der Waals surface area contributed by atoms with Gasteiger partial charge in [0.2, 0.25) is 0 Å². The van der Waals surface area contributed by atoms with Crippen LogP contribution in [0.5, 0.6) is 0 Å². The monoisotopic (exact) mass is 361 g/mol. The molecule has 0 bridgehead atoms. The molecular weight excluding hydrogens is 338 g/mol. The van der Waals surface area contributed by atoms with E-state index in [-0.39, 0.29) is 12.5 Å². The minimum Gasteiger partial charge on any atom is -0.343 e. The number of hydrogen-bond acceptors (Lipinski definition) is 4. The molecule has 4 nitrogen and oxygen atoms in total. The number of hydrogen-bond donors (Lipinski definition) is 2. The Hall–Kier alpha value is -1.43. The zero-order valence-electron chi connectivity index (χ0n) is 14.3. The maximum Gasteiger partial charge on any atom is 0.280 e. The maximum atomic E-state index is 10.5.